The summed E-state index contributed by atoms with van der Waals surface area (Å²) in [7, 11) is 0. The zero-order valence-electron chi connectivity index (χ0n) is 7.21. The monoisotopic (exact) mass is 156 g/mol. The molecule has 2 heteroatoms. The third kappa shape index (κ3) is 1.63. The Hall–Kier alpha value is -0.340. The summed E-state index contributed by atoms with van der Waals surface area (Å²) < 4.78 is 5.47. The zero-order chi connectivity index (χ0) is 8.43. The molecule has 0 aromatic rings. The summed E-state index contributed by atoms with van der Waals surface area (Å²) in [6.07, 6.45) is 0.159. The van der Waals surface area contributed by atoms with Gasteiger partial charge >= 0.3 is 0 Å². The molecule has 3 atom stereocenters. The van der Waals surface area contributed by atoms with Crippen molar-refractivity contribution in [3.63, 3.8) is 0 Å². The third-order valence-electron chi connectivity index (χ3n) is 2.43. The second-order valence-corrected chi connectivity index (χ2v) is 3.40. The summed E-state index contributed by atoms with van der Waals surface area (Å²) >= 11 is 0. The molecule has 0 unspecified atom stereocenters. The lowest BCUT2D eigenvalue weighted by atomic mass is 9.91. The minimum Gasteiger partial charge on any atom is -0.396 e. The molecule has 1 fully saturated rings. The summed E-state index contributed by atoms with van der Waals surface area (Å²) in [6, 6.07) is 0. The van der Waals surface area contributed by atoms with Crippen LogP contribution in [0, 0.1) is 11.8 Å². The molecule has 0 spiro atoms. The molecule has 0 aromatic carbocycles. The highest BCUT2D eigenvalue weighted by molar-refractivity contribution is 5.03. The first kappa shape index (κ1) is 8.75. The highest BCUT2D eigenvalue weighted by Gasteiger charge is 2.33. The van der Waals surface area contributed by atoms with Gasteiger partial charge in [-0.25, -0.2) is 0 Å². The van der Waals surface area contributed by atoms with Crippen LogP contribution in [0.5, 0.6) is 0 Å². The van der Waals surface area contributed by atoms with Gasteiger partial charge in [-0.2, -0.15) is 0 Å². The lowest BCUT2D eigenvalue weighted by molar-refractivity contribution is 0.117. The Kier molecular flexibility index (Phi) is 2.68. The van der Waals surface area contributed by atoms with Crippen LogP contribution in [-0.2, 0) is 4.74 Å². The van der Waals surface area contributed by atoms with Gasteiger partial charge in [-0.15, -0.1) is 0 Å². The molecule has 0 amide bonds. The Labute approximate surface area is 67.9 Å². The average molecular weight is 156 g/mol. The molecule has 0 radical (unpaired) electrons. The van der Waals surface area contributed by atoms with Gasteiger partial charge in [0.05, 0.1) is 12.7 Å². The number of ether oxygens (including phenoxy) is 1. The van der Waals surface area contributed by atoms with Crippen LogP contribution in [0.3, 0.4) is 0 Å². The predicted octanol–water partition coefficient (Wildman–Crippen LogP) is 1.21. The van der Waals surface area contributed by atoms with E-state index in [2.05, 4.69) is 13.5 Å². The van der Waals surface area contributed by atoms with E-state index in [1.165, 1.54) is 0 Å². The topological polar surface area (TPSA) is 29.5 Å². The Morgan fingerprint density at radius 3 is 2.64 bits per heavy atom. The van der Waals surface area contributed by atoms with Gasteiger partial charge < -0.3 is 9.84 Å². The number of hydrogen-bond acceptors (Lipinski definition) is 2. The van der Waals surface area contributed by atoms with Crippen molar-refractivity contribution in [3.8, 4) is 0 Å². The molecule has 0 bridgehead atoms. The normalized spacial score (nSPS) is 37.5. The molecule has 11 heavy (non-hydrogen) atoms. The maximum absolute atomic E-state index is 8.93. The Balaban J connectivity index is 2.55. The molecule has 1 N–H and O–H groups in total. The van der Waals surface area contributed by atoms with Gasteiger partial charge in [0.1, 0.15) is 0 Å². The van der Waals surface area contributed by atoms with Crippen LogP contribution >= 0.6 is 0 Å². The van der Waals surface area contributed by atoms with E-state index in [0.29, 0.717) is 18.4 Å². The minimum atomic E-state index is 0.159. The number of aliphatic hydroxyl groups is 1. The van der Waals surface area contributed by atoms with Gasteiger partial charge in [0.2, 0.25) is 0 Å². The van der Waals surface area contributed by atoms with Crippen molar-refractivity contribution in [2.75, 3.05) is 13.2 Å². The first-order valence-electron chi connectivity index (χ1n) is 4.04. The molecule has 1 aliphatic rings. The van der Waals surface area contributed by atoms with Crippen LogP contribution in [0.15, 0.2) is 12.2 Å². The van der Waals surface area contributed by atoms with Crippen molar-refractivity contribution in [2.24, 2.45) is 11.8 Å². The molecular formula is C9H16O2. The smallest absolute Gasteiger partial charge is 0.0809 e. The predicted molar refractivity (Wildman–Crippen MR) is 44.3 cm³/mol. The van der Waals surface area contributed by atoms with E-state index in [1.54, 1.807) is 0 Å². The fourth-order valence-electron chi connectivity index (χ4n) is 1.59. The van der Waals surface area contributed by atoms with Crippen LogP contribution in [0.25, 0.3) is 0 Å². The van der Waals surface area contributed by atoms with Gasteiger partial charge in [0, 0.05) is 12.5 Å². The molecule has 0 saturated carbocycles. The van der Waals surface area contributed by atoms with Crippen molar-refractivity contribution < 1.29 is 9.84 Å². The van der Waals surface area contributed by atoms with Crippen LogP contribution in [0.1, 0.15) is 13.8 Å². The molecule has 1 aliphatic heterocycles. The molecule has 1 saturated heterocycles. The number of aliphatic hydroxyl groups excluding tert-OH is 1. The molecule has 2 nitrogen and oxygen atoms in total. The summed E-state index contributed by atoms with van der Waals surface area (Å²) in [5.74, 6) is 0.717. The van der Waals surface area contributed by atoms with Gasteiger partial charge in [0.15, 0.2) is 0 Å². The largest absolute Gasteiger partial charge is 0.396 e. The maximum Gasteiger partial charge on any atom is 0.0809 e. The second-order valence-electron chi connectivity index (χ2n) is 3.40. The molecular weight excluding hydrogens is 140 g/mol. The summed E-state index contributed by atoms with van der Waals surface area (Å²) in [5.41, 5.74) is 1.06. The summed E-state index contributed by atoms with van der Waals surface area (Å²) in [6.45, 7) is 8.83. The molecule has 0 aromatic heterocycles. The van der Waals surface area contributed by atoms with Crippen molar-refractivity contribution >= 4 is 0 Å². The van der Waals surface area contributed by atoms with Gasteiger partial charge in [-0.1, -0.05) is 19.1 Å². The third-order valence-corrected chi connectivity index (χ3v) is 2.43. The maximum atomic E-state index is 8.93. The lowest BCUT2D eigenvalue weighted by Gasteiger charge is -2.16. The average Bonchev–Trinajstić information content (AvgIpc) is 2.30. The molecule has 0 aliphatic carbocycles. The molecule has 1 heterocycles. The second kappa shape index (κ2) is 3.37. The fourth-order valence-corrected chi connectivity index (χ4v) is 1.59. The first-order chi connectivity index (χ1) is 5.16. The molecule has 64 valence electrons. The standard InChI is InChI=1S/C9H16O2/c1-6(2)9-7(3)8(4-10)5-11-9/h7-10H,1,4-5H2,2-3H3/t7-,8+,9-/m0/s1. The van der Waals surface area contributed by atoms with Crippen molar-refractivity contribution in [3.05, 3.63) is 12.2 Å². The van der Waals surface area contributed by atoms with E-state index < -0.39 is 0 Å². The van der Waals surface area contributed by atoms with Crippen LogP contribution in [0.2, 0.25) is 0 Å². The summed E-state index contributed by atoms with van der Waals surface area (Å²) in [4.78, 5) is 0. The minimum absolute atomic E-state index is 0.159. The Morgan fingerprint density at radius 2 is 2.36 bits per heavy atom. The Bertz CT molecular complexity index is 154. The van der Waals surface area contributed by atoms with Crippen molar-refractivity contribution in [2.45, 2.75) is 20.0 Å². The SMILES string of the molecule is C=C(C)[C@@H]1OC[C@@H](CO)[C@@H]1C. The first-order valence-corrected chi connectivity index (χ1v) is 4.04. The number of rotatable bonds is 2. The van der Waals surface area contributed by atoms with Gasteiger partial charge in [-0.3, -0.25) is 0 Å². The highest BCUT2D eigenvalue weighted by Crippen LogP contribution is 2.29. The van der Waals surface area contributed by atoms with Crippen LogP contribution < -0.4 is 0 Å². The number of hydrogen-bond donors (Lipinski definition) is 1. The van der Waals surface area contributed by atoms with E-state index in [-0.39, 0.29) is 12.7 Å². The van der Waals surface area contributed by atoms with Gasteiger partial charge in [0.25, 0.3) is 0 Å². The zero-order valence-corrected chi connectivity index (χ0v) is 7.21. The van der Waals surface area contributed by atoms with E-state index in [9.17, 15) is 0 Å². The van der Waals surface area contributed by atoms with E-state index in [4.69, 9.17) is 9.84 Å². The fraction of sp³-hybridized carbons (Fsp3) is 0.778. The quantitative estimate of drug-likeness (QED) is 0.609. The lowest BCUT2D eigenvalue weighted by Crippen LogP contribution is -2.19. The van der Waals surface area contributed by atoms with Crippen LogP contribution in [-0.4, -0.2) is 24.4 Å². The van der Waals surface area contributed by atoms with E-state index in [0.717, 1.165) is 5.57 Å². The van der Waals surface area contributed by atoms with E-state index in [1.807, 2.05) is 6.92 Å². The highest BCUT2D eigenvalue weighted by atomic mass is 16.5. The molecule has 1 rings (SSSR count). The van der Waals surface area contributed by atoms with Crippen LogP contribution in [0.4, 0.5) is 0 Å². The Morgan fingerprint density at radius 1 is 1.73 bits per heavy atom. The van der Waals surface area contributed by atoms with Crippen molar-refractivity contribution in [1.82, 2.24) is 0 Å². The van der Waals surface area contributed by atoms with Gasteiger partial charge in [-0.05, 0) is 12.8 Å². The van der Waals surface area contributed by atoms with E-state index >= 15 is 0 Å². The van der Waals surface area contributed by atoms with Crippen molar-refractivity contribution in [1.29, 1.82) is 0 Å². The summed E-state index contributed by atoms with van der Waals surface area (Å²) in [5, 5.41) is 8.93.